The molecule has 1 aromatic carbocycles. The van der Waals surface area contributed by atoms with Crippen LogP contribution >= 0.6 is 0 Å². The average Bonchev–Trinajstić information content (AvgIpc) is 2.26. The molecule has 0 bridgehead atoms. The van der Waals surface area contributed by atoms with Gasteiger partial charge in [-0.05, 0) is 11.4 Å². The second-order valence-corrected chi connectivity index (χ2v) is 4.01. The van der Waals surface area contributed by atoms with Crippen LogP contribution in [0.3, 0.4) is 0 Å². The fourth-order valence-corrected chi connectivity index (χ4v) is 1.74. The van der Waals surface area contributed by atoms with Gasteiger partial charge in [0.1, 0.15) is 0 Å². The second-order valence-electron chi connectivity index (χ2n) is 4.01. The summed E-state index contributed by atoms with van der Waals surface area (Å²) >= 11 is 0. The van der Waals surface area contributed by atoms with Gasteiger partial charge in [0.05, 0.1) is 15.9 Å². The lowest BCUT2D eigenvalue weighted by atomic mass is 9.73. The molecule has 0 aliphatic carbocycles. The number of hydrogen-bond acceptors (Lipinski definition) is 6. The highest BCUT2D eigenvalue weighted by atomic mass is 16.6. The van der Waals surface area contributed by atoms with Gasteiger partial charge in [-0.1, -0.05) is 13.8 Å². The van der Waals surface area contributed by atoms with Crippen LogP contribution < -0.4 is 5.46 Å². The van der Waals surface area contributed by atoms with Gasteiger partial charge in [-0.2, -0.15) is 0 Å². The van der Waals surface area contributed by atoms with Crippen LogP contribution in [0.25, 0.3) is 0 Å². The summed E-state index contributed by atoms with van der Waals surface area (Å²) in [6.45, 7) is 3.25. The molecular formula is C9H11BN2O6. The number of benzene rings is 1. The number of rotatable bonds is 4. The van der Waals surface area contributed by atoms with E-state index in [0.29, 0.717) is 0 Å². The topological polar surface area (TPSA) is 127 Å². The molecule has 9 heteroatoms. The van der Waals surface area contributed by atoms with Gasteiger partial charge in [0.15, 0.2) is 0 Å². The standard InChI is InChI=1S/C9H11BN2O6/c1-5(2)9-7(10(13)14)3-6(11(15)16)4-8(9)12(17)18/h3-5,13-14H,1-2H3. The van der Waals surface area contributed by atoms with Crippen LogP contribution in [0.1, 0.15) is 25.3 Å². The van der Waals surface area contributed by atoms with Crippen LogP contribution in [0.15, 0.2) is 12.1 Å². The van der Waals surface area contributed by atoms with E-state index in [4.69, 9.17) is 0 Å². The van der Waals surface area contributed by atoms with Gasteiger partial charge in [0, 0.05) is 11.6 Å². The average molecular weight is 254 g/mol. The van der Waals surface area contributed by atoms with Crippen molar-refractivity contribution in [1.82, 2.24) is 0 Å². The van der Waals surface area contributed by atoms with Crippen LogP contribution in [0.2, 0.25) is 0 Å². The first-order valence-corrected chi connectivity index (χ1v) is 5.08. The monoisotopic (exact) mass is 254 g/mol. The minimum atomic E-state index is -2.00. The van der Waals surface area contributed by atoms with Gasteiger partial charge >= 0.3 is 7.12 Å². The van der Waals surface area contributed by atoms with E-state index in [0.717, 1.165) is 12.1 Å². The molecule has 0 amide bonds. The molecule has 96 valence electrons. The fraction of sp³-hybridized carbons (Fsp3) is 0.333. The maximum Gasteiger partial charge on any atom is 0.489 e. The molecular weight excluding hydrogens is 243 g/mol. The van der Waals surface area contributed by atoms with Crippen molar-refractivity contribution in [3.8, 4) is 0 Å². The summed E-state index contributed by atoms with van der Waals surface area (Å²) < 4.78 is 0. The molecule has 18 heavy (non-hydrogen) atoms. The Labute approximate surface area is 102 Å². The Morgan fingerprint density at radius 3 is 2.06 bits per heavy atom. The van der Waals surface area contributed by atoms with Crippen molar-refractivity contribution in [3.63, 3.8) is 0 Å². The Hall–Kier alpha value is -2.00. The maximum absolute atomic E-state index is 10.9. The first-order chi connectivity index (χ1) is 8.25. The first-order valence-electron chi connectivity index (χ1n) is 5.08. The van der Waals surface area contributed by atoms with E-state index in [2.05, 4.69) is 0 Å². The predicted octanol–water partition coefficient (Wildman–Crippen LogP) is 0.306. The van der Waals surface area contributed by atoms with Gasteiger partial charge in [-0.3, -0.25) is 20.2 Å². The molecule has 0 spiro atoms. The number of hydrogen-bond donors (Lipinski definition) is 2. The summed E-state index contributed by atoms with van der Waals surface area (Å²) in [5, 5.41) is 39.9. The molecule has 0 saturated carbocycles. The second kappa shape index (κ2) is 5.11. The smallest absolute Gasteiger partial charge is 0.423 e. The lowest BCUT2D eigenvalue weighted by Gasteiger charge is -2.12. The summed E-state index contributed by atoms with van der Waals surface area (Å²) in [5.74, 6) is -0.372. The highest BCUT2D eigenvalue weighted by Crippen LogP contribution is 2.28. The quantitative estimate of drug-likeness (QED) is 0.452. The Morgan fingerprint density at radius 1 is 1.17 bits per heavy atom. The van der Waals surface area contributed by atoms with E-state index >= 15 is 0 Å². The van der Waals surface area contributed by atoms with E-state index in [1.165, 1.54) is 0 Å². The van der Waals surface area contributed by atoms with E-state index < -0.39 is 28.3 Å². The van der Waals surface area contributed by atoms with Crippen LogP contribution in [0, 0.1) is 20.2 Å². The molecule has 0 aromatic heterocycles. The molecule has 0 unspecified atom stereocenters. The highest BCUT2D eigenvalue weighted by Gasteiger charge is 2.30. The molecule has 0 saturated heterocycles. The summed E-state index contributed by atoms with van der Waals surface area (Å²) in [4.78, 5) is 20.0. The molecule has 0 aliphatic rings. The Bertz CT molecular complexity index is 502. The van der Waals surface area contributed by atoms with Gasteiger partial charge in [-0.25, -0.2) is 0 Å². The van der Waals surface area contributed by atoms with Crippen molar-refractivity contribution in [3.05, 3.63) is 37.9 Å². The molecule has 1 rings (SSSR count). The van der Waals surface area contributed by atoms with Crippen LogP contribution in [-0.2, 0) is 0 Å². The molecule has 2 N–H and O–H groups in total. The summed E-state index contributed by atoms with van der Waals surface area (Å²) in [7, 11) is -2.00. The molecule has 8 nitrogen and oxygen atoms in total. The van der Waals surface area contributed by atoms with Crippen LogP contribution in [-0.4, -0.2) is 27.0 Å². The van der Waals surface area contributed by atoms with Crippen molar-refractivity contribution in [2.24, 2.45) is 0 Å². The fourth-order valence-electron chi connectivity index (χ4n) is 1.74. The number of nitro groups is 2. The molecule has 0 aliphatic heterocycles. The zero-order valence-electron chi connectivity index (χ0n) is 9.73. The normalized spacial score (nSPS) is 10.5. The third kappa shape index (κ3) is 2.63. The number of nitrogens with zero attached hydrogens (tertiary/aromatic N) is 2. The van der Waals surface area contributed by atoms with Crippen molar-refractivity contribution in [1.29, 1.82) is 0 Å². The summed E-state index contributed by atoms with van der Waals surface area (Å²) in [6.07, 6.45) is 0. The van der Waals surface area contributed by atoms with Crippen molar-refractivity contribution in [2.45, 2.75) is 19.8 Å². The zero-order valence-corrected chi connectivity index (χ0v) is 9.73. The van der Waals surface area contributed by atoms with Crippen molar-refractivity contribution >= 4 is 24.0 Å². The Morgan fingerprint density at radius 2 is 1.72 bits per heavy atom. The third-order valence-corrected chi connectivity index (χ3v) is 2.44. The van der Waals surface area contributed by atoms with Gasteiger partial charge in [0.25, 0.3) is 11.4 Å². The number of nitro benzene ring substituents is 2. The first kappa shape index (κ1) is 14.1. The lowest BCUT2D eigenvalue weighted by molar-refractivity contribution is -0.394. The molecule has 0 atom stereocenters. The largest absolute Gasteiger partial charge is 0.489 e. The Kier molecular flexibility index (Phi) is 3.99. The molecule has 0 radical (unpaired) electrons. The van der Waals surface area contributed by atoms with Gasteiger partial charge in [-0.15, -0.1) is 0 Å². The maximum atomic E-state index is 10.9. The van der Waals surface area contributed by atoms with E-state index in [1.54, 1.807) is 13.8 Å². The molecule has 0 fully saturated rings. The number of non-ortho nitro benzene ring substituents is 1. The van der Waals surface area contributed by atoms with Gasteiger partial charge in [0.2, 0.25) is 0 Å². The van der Waals surface area contributed by atoms with Crippen LogP contribution in [0.4, 0.5) is 11.4 Å². The minimum absolute atomic E-state index is 0.0839. The minimum Gasteiger partial charge on any atom is -0.423 e. The third-order valence-electron chi connectivity index (χ3n) is 2.44. The highest BCUT2D eigenvalue weighted by molar-refractivity contribution is 6.59. The van der Waals surface area contributed by atoms with Crippen molar-refractivity contribution in [2.75, 3.05) is 0 Å². The van der Waals surface area contributed by atoms with Crippen molar-refractivity contribution < 1.29 is 19.9 Å². The van der Waals surface area contributed by atoms with E-state index in [-0.39, 0.29) is 16.9 Å². The van der Waals surface area contributed by atoms with E-state index in [9.17, 15) is 30.3 Å². The lowest BCUT2D eigenvalue weighted by Crippen LogP contribution is -2.34. The molecule has 0 heterocycles. The van der Waals surface area contributed by atoms with Gasteiger partial charge < -0.3 is 10.0 Å². The Balaban J connectivity index is 3.65. The van der Waals surface area contributed by atoms with Crippen LogP contribution in [0.5, 0.6) is 0 Å². The van der Waals surface area contributed by atoms with E-state index in [1.807, 2.05) is 0 Å². The predicted molar refractivity (Wildman–Crippen MR) is 63.7 cm³/mol. The SMILES string of the molecule is CC(C)c1c(B(O)O)cc([N+](=O)[O-])cc1[N+](=O)[O-]. The zero-order chi connectivity index (χ0) is 14.0. The summed E-state index contributed by atoms with van der Waals surface area (Å²) in [6, 6.07) is 1.76. The summed E-state index contributed by atoms with van der Waals surface area (Å²) in [5.41, 5.74) is -1.16. The molecule has 1 aromatic rings.